The van der Waals surface area contributed by atoms with E-state index < -0.39 is 4.92 Å². The standard InChI is InChI=1S/C13H9Br2FN2O2/c14-9-1-2-12(16)13(6-9)17-7-8-3-10(15)5-11(4-8)18(19)20/h1-6,17H,7H2. The first-order valence-electron chi connectivity index (χ1n) is 5.58. The molecule has 0 amide bonds. The number of halogens is 3. The van der Waals surface area contributed by atoms with E-state index in [0.29, 0.717) is 15.7 Å². The molecular formula is C13H9Br2FN2O2. The molecular weight excluding hydrogens is 395 g/mol. The van der Waals surface area contributed by atoms with Gasteiger partial charge in [0.15, 0.2) is 0 Å². The first-order valence-corrected chi connectivity index (χ1v) is 7.17. The average Bonchev–Trinajstić information content (AvgIpc) is 2.39. The van der Waals surface area contributed by atoms with Crippen molar-refractivity contribution in [1.82, 2.24) is 0 Å². The Labute approximate surface area is 131 Å². The number of nitro groups is 1. The highest BCUT2D eigenvalue weighted by Gasteiger charge is 2.09. The molecule has 0 fully saturated rings. The summed E-state index contributed by atoms with van der Waals surface area (Å²) in [5.74, 6) is -0.377. The molecule has 7 heteroatoms. The van der Waals surface area contributed by atoms with Crippen LogP contribution in [0.5, 0.6) is 0 Å². The zero-order chi connectivity index (χ0) is 14.7. The lowest BCUT2D eigenvalue weighted by Crippen LogP contribution is -2.02. The first-order chi connectivity index (χ1) is 9.45. The van der Waals surface area contributed by atoms with Gasteiger partial charge in [0.1, 0.15) is 5.82 Å². The van der Waals surface area contributed by atoms with E-state index in [1.54, 1.807) is 18.2 Å². The monoisotopic (exact) mass is 402 g/mol. The molecule has 2 aromatic carbocycles. The molecule has 0 radical (unpaired) electrons. The Morgan fingerprint density at radius 1 is 1.15 bits per heavy atom. The van der Waals surface area contributed by atoms with Gasteiger partial charge in [0.25, 0.3) is 5.69 Å². The Balaban J connectivity index is 2.18. The maximum atomic E-state index is 13.6. The van der Waals surface area contributed by atoms with Gasteiger partial charge >= 0.3 is 0 Å². The smallest absolute Gasteiger partial charge is 0.270 e. The van der Waals surface area contributed by atoms with Crippen molar-refractivity contribution in [1.29, 1.82) is 0 Å². The lowest BCUT2D eigenvalue weighted by atomic mass is 10.2. The van der Waals surface area contributed by atoms with E-state index in [2.05, 4.69) is 37.2 Å². The highest BCUT2D eigenvalue weighted by molar-refractivity contribution is 9.10. The van der Waals surface area contributed by atoms with E-state index in [-0.39, 0.29) is 18.0 Å². The normalized spacial score (nSPS) is 10.3. The van der Waals surface area contributed by atoms with Crippen molar-refractivity contribution in [2.24, 2.45) is 0 Å². The fourth-order valence-electron chi connectivity index (χ4n) is 1.67. The summed E-state index contributed by atoms with van der Waals surface area (Å²) in [7, 11) is 0. The summed E-state index contributed by atoms with van der Waals surface area (Å²) < 4.78 is 14.9. The number of non-ortho nitro benzene ring substituents is 1. The topological polar surface area (TPSA) is 55.2 Å². The molecule has 4 nitrogen and oxygen atoms in total. The Morgan fingerprint density at radius 3 is 2.60 bits per heavy atom. The van der Waals surface area contributed by atoms with Crippen molar-refractivity contribution in [3.63, 3.8) is 0 Å². The molecule has 0 aliphatic rings. The van der Waals surface area contributed by atoms with Crippen LogP contribution in [0.4, 0.5) is 15.8 Å². The zero-order valence-electron chi connectivity index (χ0n) is 10.1. The molecule has 0 saturated heterocycles. The van der Waals surface area contributed by atoms with Gasteiger partial charge < -0.3 is 5.32 Å². The van der Waals surface area contributed by atoms with Crippen molar-refractivity contribution in [3.8, 4) is 0 Å². The van der Waals surface area contributed by atoms with Crippen LogP contribution in [0, 0.1) is 15.9 Å². The number of rotatable bonds is 4. The summed E-state index contributed by atoms with van der Waals surface area (Å²) in [6.45, 7) is 0.285. The van der Waals surface area contributed by atoms with E-state index in [4.69, 9.17) is 0 Å². The van der Waals surface area contributed by atoms with Crippen LogP contribution in [0.2, 0.25) is 0 Å². The molecule has 0 bridgehead atoms. The minimum atomic E-state index is -0.464. The van der Waals surface area contributed by atoms with E-state index in [9.17, 15) is 14.5 Å². The van der Waals surface area contributed by atoms with E-state index in [1.807, 2.05) is 0 Å². The van der Waals surface area contributed by atoms with Crippen LogP contribution in [0.1, 0.15) is 5.56 Å². The second kappa shape index (κ2) is 6.32. The van der Waals surface area contributed by atoms with Gasteiger partial charge in [-0.1, -0.05) is 31.9 Å². The van der Waals surface area contributed by atoms with Crippen LogP contribution in [-0.4, -0.2) is 4.92 Å². The van der Waals surface area contributed by atoms with Crippen LogP contribution in [0.3, 0.4) is 0 Å². The molecule has 0 saturated carbocycles. The van der Waals surface area contributed by atoms with Crippen molar-refractivity contribution in [2.75, 3.05) is 5.32 Å². The third-order valence-corrected chi connectivity index (χ3v) is 3.52. The molecule has 20 heavy (non-hydrogen) atoms. The van der Waals surface area contributed by atoms with Gasteiger partial charge in [-0.3, -0.25) is 10.1 Å². The molecule has 0 aromatic heterocycles. The molecule has 0 heterocycles. The largest absolute Gasteiger partial charge is 0.379 e. The molecule has 2 rings (SSSR count). The Bertz CT molecular complexity index is 665. The van der Waals surface area contributed by atoms with Crippen molar-refractivity contribution in [3.05, 3.63) is 66.8 Å². The summed E-state index contributed by atoms with van der Waals surface area (Å²) in [6.07, 6.45) is 0. The molecule has 0 aliphatic heterocycles. The molecule has 2 aromatic rings. The molecule has 104 valence electrons. The van der Waals surface area contributed by atoms with E-state index in [0.717, 1.165) is 4.47 Å². The van der Waals surface area contributed by atoms with Crippen LogP contribution < -0.4 is 5.32 Å². The number of hydrogen-bond donors (Lipinski definition) is 1. The molecule has 0 unspecified atom stereocenters. The Kier molecular flexibility index (Phi) is 4.72. The van der Waals surface area contributed by atoms with Crippen molar-refractivity contribution < 1.29 is 9.31 Å². The lowest BCUT2D eigenvalue weighted by Gasteiger charge is -2.08. The molecule has 0 aliphatic carbocycles. The van der Waals surface area contributed by atoms with Crippen molar-refractivity contribution in [2.45, 2.75) is 6.54 Å². The number of anilines is 1. The summed E-state index contributed by atoms with van der Waals surface area (Å²) in [5, 5.41) is 13.7. The number of benzene rings is 2. The van der Waals surface area contributed by atoms with Gasteiger partial charge in [0.05, 0.1) is 10.6 Å². The summed E-state index contributed by atoms with van der Waals surface area (Å²) in [6, 6.07) is 9.18. The van der Waals surface area contributed by atoms with Gasteiger partial charge in [-0.05, 0) is 29.8 Å². The second-order valence-corrected chi connectivity index (χ2v) is 5.88. The lowest BCUT2D eigenvalue weighted by molar-refractivity contribution is -0.385. The average molecular weight is 404 g/mol. The van der Waals surface area contributed by atoms with Gasteiger partial charge in [0.2, 0.25) is 0 Å². The highest BCUT2D eigenvalue weighted by atomic mass is 79.9. The quantitative estimate of drug-likeness (QED) is 0.585. The number of nitrogens with one attached hydrogen (secondary N) is 1. The predicted octanol–water partition coefficient (Wildman–Crippen LogP) is 4.87. The third-order valence-electron chi connectivity index (χ3n) is 2.56. The highest BCUT2D eigenvalue weighted by Crippen LogP contribution is 2.24. The SMILES string of the molecule is O=[N+]([O-])c1cc(Br)cc(CNc2cc(Br)ccc2F)c1. The second-order valence-electron chi connectivity index (χ2n) is 4.05. The summed E-state index contributed by atoms with van der Waals surface area (Å²) >= 11 is 6.48. The van der Waals surface area contributed by atoms with Gasteiger partial charge in [-0.15, -0.1) is 0 Å². The third kappa shape index (κ3) is 3.77. The van der Waals surface area contributed by atoms with Crippen LogP contribution >= 0.6 is 31.9 Å². The van der Waals surface area contributed by atoms with E-state index >= 15 is 0 Å². The summed E-state index contributed by atoms with van der Waals surface area (Å²) in [5.41, 5.74) is 1.01. The summed E-state index contributed by atoms with van der Waals surface area (Å²) in [4.78, 5) is 10.3. The number of nitro benzene ring substituents is 1. The van der Waals surface area contributed by atoms with Crippen molar-refractivity contribution >= 4 is 43.2 Å². The molecule has 1 N–H and O–H groups in total. The maximum absolute atomic E-state index is 13.6. The maximum Gasteiger partial charge on any atom is 0.270 e. The Morgan fingerprint density at radius 2 is 1.90 bits per heavy atom. The van der Waals surface area contributed by atoms with Crippen LogP contribution in [0.25, 0.3) is 0 Å². The zero-order valence-corrected chi connectivity index (χ0v) is 13.2. The fourth-order valence-corrected chi connectivity index (χ4v) is 2.56. The minimum Gasteiger partial charge on any atom is -0.379 e. The van der Waals surface area contributed by atoms with Gasteiger partial charge in [0, 0.05) is 27.6 Å². The molecule has 0 atom stereocenters. The number of nitrogens with zero attached hydrogens (tertiary/aromatic N) is 1. The fraction of sp³-hybridized carbons (Fsp3) is 0.0769. The van der Waals surface area contributed by atoms with E-state index in [1.165, 1.54) is 18.2 Å². The van der Waals surface area contributed by atoms with Gasteiger partial charge in [-0.25, -0.2) is 4.39 Å². The van der Waals surface area contributed by atoms with Crippen LogP contribution in [0.15, 0.2) is 45.3 Å². The number of hydrogen-bond acceptors (Lipinski definition) is 3. The minimum absolute atomic E-state index is 0.00844. The Hall–Kier alpha value is -1.47. The molecule has 0 spiro atoms. The predicted molar refractivity (Wildman–Crippen MR) is 82.2 cm³/mol. The first kappa shape index (κ1) is 14.9. The van der Waals surface area contributed by atoms with Crippen LogP contribution in [-0.2, 0) is 6.54 Å². The van der Waals surface area contributed by atoms with Gasteiger partial charge in [-0.2, -0.15) is 0 Å².